The molecule has 1 heterocycles. The zero-order valence-corrected chi connectivity index (χ0v) is 11.5. The highest BCUT2D eigenvalue weighted by Gasteiger charge is 2.25. The van der Waals surface area contributed by atoms with E-state index in [9.17, 15) is 9.18 Å². The number of hydrogen-bond donors (Lipinski definition) is 2. The Morgan fingerprint density at radius 2 is 2.14 bits per heavy atom. The van der Waals surface area contributed by atoms with Gasteiger partial charge in [0.15, 0.2) is 6.10 Å². The third-order valence-corrected chi connectivity index (χ3v) is 3.35. The lowest BCUT2D eigenvalue weighted by Gasteiger charge is -2.26. The summed E-state index contributed by atoms with van der Waals surface area (Å²) in [6.07, 6.45) is -0.620. The predicted molar refractivity (Wildman–Crippen MR) is 79.1 cm³/mol. The number of benzene rings is 2. The molecule has 0 radical (unpaired) electrons. The molecule has 0 saturated heterocycles. The summed E-state index contributed by atoms with van der Waals surface area (Å²) in [5.74, 6) is 0.0970. The lowest BCUT2D eigenvalue weighted by Crippen LogP contribution is -2.41. The molecule has 4 nitrogen and oxygen atoms in total. The SMILES string of the molecule is Cc1cc(NC(=O)C2CNc3ccccc3O2)ccc1F. The second kappa shape index (κ2) is 5.44. The van der Waals surface area contributed by atoms with E-state index in [4.69, 9.17) is 4.74 Å². The highest BCUT2D eigenvalue weighted by molar-refractivity contribution is 5.95. The van der Waals surface area contributed by atoms with Gasteiger partial charge in [0.1, 0.15) is 11.6 Å². The van der Waals surface area contributed by atoms with Crippen LogP contribution in [-0.4, -0.2) is 18.6 Å². The van der Waals surface area contributed by atoms with Gasteiger partial charge in [-0.1, -0.05) is 12.1 Å². The molecule has 108 valence electrons. The second-order valence-corrected chi connectivity index (χ2v) is 4.94. The molecule has 1 aliphatic rings. The van der Waals surface area contributed by atoms with Crippen LogP contribution in [-0.2, 0) is 4.79 Å². The van der Waals surface area contributed by atoms with Crippen LogP contribution in [0.15, 0.2) is 42.5 Å². The maximum Gasteiger partial charge on any atom is 0.267 e. The van der Waals surface area contributed by atoms with Crippen LogP contribution >= 0.6 is 0 Å². The third kappa shape index (κ3) is 2.81. The molecule has 0 saturated carbocycles. The molecule has 5 heteroatoms. The van der Waals surface area contributed by atoms with Crippen molar-refractivity contribution in [3.8, 4) is 5.75 Å². The van der Waals surface area contributed by atoms with Gasteiger partial charge in [-0.25, -0.2) is 4.39 Å². The minimum absolute atomic E-state index is 0.261. The Morgan fingerprint density at radius 3 is 2.95 bits per heavy atom. The number of para-hydroxylation sites is 2. The molecular weight excluding hydrogens is 271 g/mol. The van der Waals surface area contributed by atoms with Gasteiger partial charge in [0.25, 0.3) is 5.91 Å². The number of amides is 1. The molecule has 3 rings (SSSR count). The van der Waals surface area contributed by atoms with E-state index in [0.29, 0.717) is 23.5 Å². The number of carbonyl (C=O) groups is 1. The van der Waals surface area contributed by atoms with Gasteiger partial charge in [-0.05, 0) is 42.8 Å². The van der Waals surface area contributed by atoms with Gasteiger partial charge in [-0.2, -0.15) is 0 Å². The number of ether oxygens (including phenoxy) is 1. The van der Waals surface area contributed by atoms with Gasteiger partial charge in [-0.3, -0.25) is 4.79 Å². The number of rotatable bonds is 2. The Labute approximate surface area is 121 Å². The maximum absolute atomic E-state index is 13.2. The van der Waals surface area contributed by atoms with Gasteiger partial charge in [0, 0.05) is 5.69 Å². The minimum Gasteiger partial charge on any atom is -0.477 e. The summed E-state index contributed by atoms with van der Waals surface area (Å²) in [7, 11) is 0. The normalized spacial score (nSPS) is 16.4. The van der Waals surface area contributed by atoms with Crippen molar-refractivity contribution in [3.63, 3.8) is 0 Å². The van der Waals surface area contributed by atoms with Crippen LogP contribution in [0.25, 0.3) is 0 Å². The van der Waals surface area contributed by atoms with E-state index < -0.39 is 6.10 Å². The Balaban J connectivity index is 1.70. The van der Waals surface area contributed by atoms with Crippen molar-refractivity contribution in [1.29, 1.82) is 0 Å². The van der Waals surface area contributed by atoms with Crippen LogP contribution in [0, 0.1) is 12.7 Å². The molecule has 1 atom stereocenters. The largest absolute Gasteiger partial charge is 0.477 e. The van der Waals surface area contributed by atoms with E-state index in [0.717, 1.165) is 5.69 Å². The fourth-order valence-electron chi connectivity index (χ4n) is 2.20. The molecular formula is C16H15FN2O2. The molecule has 0 bridgehead atoms. The fraction of sp³-hybridized carbons (Fsp3) is 0.188. The van der Waals surface area contributed by atoms with Crippen molar-refractivity contribution in [2.45, 2.75) is 13.0 Å². The smallest absolute Gasteiger partial charge is 0.267 e. The van der Waals surface area contributed by atoms with Crippen molar-refractivity contribution in [1.82, 2.24) is 0 Å². The monoisotopic (exact) mass is 286 g/mol. The van der Waals surface area contributed by atoms with Crippen LogP contribution in [0.3, 0.4) is 0 Å². The Morgan fingerprint density at radius 1 is 1.33 bits per heavy atom. The number of fused-ring (bicyclic) bond motifs is 1. The molecule has 21 heavy (non-hydrogen) atoms. The van der Waals surface area contributed by atoms with Gasteiger partial charge in [0.2, 0.25) is 0 Å². The number of carbonyl (C=O) groups excluding carboxylic acids is 1. The van der Waals surface area contributed by atoms with Crippen LogP contribution in [0.5, 0.6) is 5.75 Å². The van der Waals surface area contributed by atoms with Crippen molar-refractivity contribution in [2.75, 3.05) is 17.2 Å². The number of nitrogens with one attached hydrogen (secondary N) is 2. The van der Waals surface area contributed by atoms with Crippen molar-refractivity contribution in [2.24, 2.45) is 0 Å². The molecule has 0 aliphatic carbocycles. The van der Waals surface area contributed by atoms with Crippen LogP contribution < -0.4 is 15.4 Å². The van der Waals surface area contributed by atoms with E-state index in [-0.39, 0.29) is 11.7 Å². The molecule has 0 fully saturated rings. The molecule has 1 amide bonds. The summed E-state index contributed by atoms with van der Waals surface area (Å²) < 4.78 is 18.9. The molecule has 1 aliphatic heterocycles. The first-order valence-electron chi connectivity index (χ1n) is 6.70. The maximum atomic E-state index is 13.2. The first-order valence-corrected chi connectivity index (χ1v) is 6.70. The summed E-state index contributed by atoms with van der Waals surface area (Å²) in [5, 5.41) is 5.89. The summed E-state index contributed by atoms with van der Waals surface area (Å²) >= 11 is 0. The lowest BCUT2D eigenvalue weighted by molar-refractivity contribution is -0.122. The topological polar surface area (TPSA) is 50.4 Å². The zero-order chi connectivity index (χ0) is 14.8. The second-order valence-electron chi connectivity index (χ2n) is 4.94. The van der Waals surface area contributed by atoms with Crippen LogP contribution in [0.1, 0.15) is 5.56 Å². The van der Waals surface area contributed by atoms with Crippen LogP contribution in [0.2, 0.25) is 0 Å². The molecule has 2 N–H and O–H groups in total. The quantitative estimate of drug-likeness (QED) is 0.892. The molecule has 2 aromatic carbocycles. The summed E-state index contributed by atoms with van der Waals surface area (Å²) in [6, 6.07) is 11.9. The molecule has 1 unspecified atom stereocenters. The van der Waals surface area contributed by atoms with Gasteiger partial charge >= 0.3 is 0 Å². The number of hydrogen-bond acceptors (Lipinski definition) is 3. The Kier molecular flexibility index (Phi) is 3.48. The number of halogens is 1. The Bertz CT molecular complexity index is 688. The van der Waals surface area contributed by atoms with Crippen molar-refractivity contribution < 1.29 is 13.9 Å². The van der Waals surface area contributed by atoms with Gasteiger partial charge < -0.3 is 15.4 Å². The summed E-state index contributed by atoms with van der Waals surface area (Å²) in [5.41, 5.74) is 1.92. The molecule has 2 aromatic rings. The summed E-state index contributed by atoms with van der Waals surface area (Å²) in [6.45, 7) is 2.04. The molecule has 0 aromatic heterocycles. The average molecular weight is 286 g/mol. The standard InChI is InChI=1S/C16H15FN2O2/c1-10-8-11(6-7-12(10)17)19-16(20)15-9-18-13-4-2-3-5-14(13)21-15/h2-8,15,18H,9H2,1H3,(H,19,20). The molecule has 0 spiro atoms. The number of anilines is 2. The van der Waals surface area contributed by atoms with Crippen molar-refractivity contribution >= 4 is 17.3 Å². The van der Waals surface area contributed by atoms with E-state index in [1.165, 1.54) is 12.1 Å². The third-order valence-electron chi connectivity index (χ3n) is 3.35. The van der Waals surface area contributed by atoms with Gasteiger partial charge in [0.05, 0.1) is 12.2 Å². The highest BCUT2D eigenvalue weighted by Crippen LogP contribution is 2.28. The average Bonchev–Trinajstić information content (AvgIpc) is 2.50. The van der Waals surface area contributed by atoms with Crippen molar-refractivity contribution in [3.05, 3.63) is 53.8 Å². The minimum atomic E-state index is -0.620. The lowest BCUT2D eigenvalue weighted by atomic mass is 10.2. The summed E-state index contributed by atoms with van der Waals surface area (Å²) in [4.78, 5) is 12.2. The zero-order valence-electron chi connectivity index (χ0n) is 11.5. The Hall–Kier alpha value is -2.56. The number of aryl methyl sites for hydroxylation is 1. The highest BCUT2D eigenvalue weighted by atomic mass is 19.1. The predicted octanol–water partition coefficient (Wildman–Crippen LogP) is 2.95. The first-order chi connectivity index (χ1) is 10.1. The van der Waals surface area contributed by atoms with E-state index in [1.54, 1.807) is 13.0 Å². The van der Waals surface area contributed by atoms with Gasteiger partial charge in [-0.15, -0.1) is 0 Å². The fourth-order valence-corrected chi connectivity index (χ4v) is 2.20. The van der Waals surface area contributed by atoms with Crippen LogP contribution in [0.4, 0.5) is 15.8 Å². The first kappa shape index (κ1) is 13.4. The van der Waals surface area contributed by atoms with E-state index in [2.05, 4.69) is 10.6 Å². The van der Waals surface area contributed by atoms with E-state index in [1.807, 2.05) is 24.3 Å². The van der Waals surface area contributed by atoms with E-state index >= 15 is 0 Å².